The van der Waals surface area contributed by atoms with Gasteiger partial charge in [0.1, 0.15) is 6.29 Å². The predicted octanol–water partition coefficient (Wildman–Crippen LogP) is 2.37. The van der Waals surface area contributed by atoms with Crippen molar-refractivity contribution in [1.82, 2.24) is 0 Å². The molecule has 1 aromatic carbocycles. The first kappa shape index (κ1) is 8.72. The standard InChI is InChI=1S/C11H12O/c1-2-10(9-12)8-11-6-4-3-5-7-11/h2-7,9H,8H2,1H3/b10-2-. The first-order chi connectivity index (χ1) is 5.86. The molecular weight excluding hydrogens is 148 g/mol. The topological polar surface area (TPSA) is 17.1 Å². The first-order valence-corrected chi connectivity index (χ1v) is 4.01. The van der Waals surface area contributed by atoms with Crippen molar-refractivity contribution in [3.8, 4) is 0 Å². The van der Waals surface area contributed by atoms with Crippen LogP contribution < -0.4 is 0 Å². The minimum absolute atomic E-state index is 0.737. The van der Waals surface area contributed by atoms with Crippen LogP contribution in [0.5, 0.6) is 0 Å². The zero-order valence-corrected chi connectivity index (χ0v) is 7.16. The highest BCUT2D eigenvalue weighted by Crippen LogP contribution is 2.05. The van der Waals surface area contributed by atoms with Crippen molar-refractivity contribution in [3.05, 3.63) is 47.5 Å². The van der Waals surface area contributed by atoms with Crippen molar-refractivity contribution >= 4 is 6.29 Å². The molecule has 62 valence electrons. The highest BCUT2D eigenvalue weighted by molar-refractivity contribution is 5.73. The van der Waals surface area contributed by atoms with Gasteiger partial charge >= 0.3 is 0 Å². The van der Waals surface area contributed by atoms with Crippen molar-refractivity contribution in [3.63, 3.8) is 0 Å². The summed E-state index contributed by atoms with van der Waals surface area (Å²) in [6.07, 6.45) is 3.49. The van der Waals surface area contributed by atoms with Gasteiger partial charge < -0.3 is 0 Å². The third-order valence-corrected chi connectivity index (χ3v) is 1.77. The monoisotopic (exact) mass is 160 g/mol. The SMILES string of the molecule is C/C=C(\C=O)Cc1ccccc1. The highest BCUT2D eigenvalue weighted by Gasteiger charge is 1.94. The van der Waals surface area contributed by atoms with Crippen molar-refractivity contribution in [2.75, 3.05) is 0 Å². The Hall–Kier alpha value is -1.37. The van der Waals surface area contributed by atoms with Gasteiger partial charge in [0.25, 0.3) is 0 Å². The van der Waals surface area contributed by atoms with Gasteiger partial charge in [-0.05, 0) is 18.1 Å². The van der Waals surface area contributed by atoms with Gasteiger partial charge in [0, 0.05) is 6.42 Å². The summed E-state index contributed by atoms with van der Waals surface area (Å²) in [5, 5.41) is 0. The molecule has 0 amide bonds. The molecule has 0 saturated carbocycles. The number of aldehydes is 1. The van der Waals surface area contributed by atoms with Gasteiger partial charge in [-0.15, -0.1) is 0 Å². The summed E-state index contributed by atoms with van der Waals surface area (Å²) in [6.45, 7) is 1.88. The van der Waals surface area contributed by atoms with Crippen LogP contribution in [0.4, 0.5) is 0 Å². The van der Waals surface area contributed by atoms with E-state index in [1.807, 2.05) is 43.3 Å². The maximum atomic E-state index is 10.5. The largest absolute Gasteiger partial charge is 0.298 e. The Morgan fingerprint density at radius 1 is 1.33 bits per heavy atom. The van der Waals surface area contributed by atoms with E-state index in [2.05, 4.69) is 0 Å². The lowest BCUT2D eigenvalue weighted by Gasteiger charge is -1.98. The number of hydrogen-bond donors (Lipinski definition) is 0. The van der Waals surface area contributed by atoms with Crippen LogP contribution in [-0.2, 0) is 11.2 Å². The molecule has 0 N–H and O–H groups in total. The lowest BCUT2D eigenvalue weighted by Crippen LogP contribution is -1.90. The average molecular weight is 160 g/mol. The molecule has 0 aliphatic heterocycles. The van der Waals surface area contributed by atoms with E-state index in [0.717, 1.165) is 18.3 Å². The summed E-state index contributed by atoms with van der Waals surface area (Å²) in [5.41, 5.74) is 2.01. The number of carbonyl (C=O) groups is 1. The Morgan fingerprint density at radius 3 is 2.50 bits per heavy atom. The van der Waals surface area contributed by atoms with E-state index in [-0.39, 0.29) is 0 Å². The molecule has 0 atom stereocenters. The number of carbonyl (C=O) groups excluding carboxylic acids is 1. The highest BCUT2D eigenvalue weighted by atomic mass is 16.1. The number of rotatable bonds is 3. The fourth-order valence-corrected chi connectivity index (χ4v) is 1.04. The zero-order chi connectivity index (χ0) is 8.81. The van der Waals surface area contributed by atoms with Gasteiger partial charge in [-0.1, -0.05) is 36.4 Å². The lowest BCUT2D eigenvalue weighted by atomic mass is 10.1. The first-order valence-electron chi connectivity index (χ1n) is 4.01. The van der Waals surface area contributed by atoms with Gasteiger partial charge in [0.2, 0.25) is 0 Å². The van der Waals surface area contributed by atoms with Crippen LogP contribution in [-0.4, -0.2) is 6.29 Å². The Morgan fingerprint density at radius 2 is 2.00 bits per heavy atom. The van der Waals surface area contributed by atoms with E-state index in [4.69, 9.17) is 0 Å². The van der Waals surface area contributed by atoms with Crippen molar-refractivity contribution in [2.24, 2.45) is 0 Å². The molecule has 0 radical (unpaired) electrons. The molecule has 0 unspecified atom stereocenters. The molecule has 0 aliphatic carbocycles. The number of allylic oxidation sites excluding steroid dienone is 2. The van der Waals surface area contributed by atoms with Crippen LogP contribution in [0.2, 0.25) is 0 Å². The molecule has 0 bridgehead atoms. The predicted molar refractivity (Wildman–Crippen MR) is 50.0 cm³/mol. The van der Waals surface area contributed by atoms with Crippen LogP contribution in [0.3, 0.4) is 0 Å². The summed E-state index contributed by atoms with van der Waals surface area (Å²) in [5.74, 6) is 0. The van der Waals surface area contributed by atoms with Crippen molar-refractivity contribution in [1.29, 1.82) is 0 Å². The van der Waals surface area contributed by atoms with Gasteiger partial charge in [0.15, 0.2) is 0 Å². The maximum absolute atomic E-state index is 10.5. The van der Waals surface area contributed by atoms with E-state index in [1.54, 1.807) is 0 Å². The Labute approximate surface area is 72.7 Å². The lowest BCUT2D eigenvalue weighted by molar-refractivity contribution is -0.105. The van der Waals surface area contributed by atoms with Gasteiger partial charge in [0.05, 0.1) is 0 Å². The fourth-order valence-electron chi connectivity index (χ4n) is 1.04. The normalized spacial score (nSPS) is 11.2. The molecule has 0 saturated heterocycles. The van der Waals surface area contributed by atoms with Gasteiger partial charge in [-0.3, -0.25) is 4.79 Å². The fraction of sp³-hybridized carbons (Fsp3) is 0.182. The van der Waals surface area contributed by atoms with E-state index in [9.17, 15) is 4.79 Å². The molecular formula is C11H12O. The van der Waals surface area contributed by atoms with E-state index in [0.29, 0.717) is 0 Å². The van der Waals surface area contributed by atoms with Crippen LogP contribution in [0.25, 0.3) is 0 Å². The van der Waals surface area contributed by atoms with Crippen molar-refractivity contribution < 1.29 is 4.79 Å². The third-order valence-electron chi connectivity index (χ3n) is 1.77. The van der Waals surface area contributed by atoms with Crippen LogP contribution in [0.15, 0.2) is 42.0 Å². The molecule has 1 rings (SSSR count). The second-order valence-electron chi connectivity index (χ2n) is 2.64. The van der Waals surface area contributed by atoms with E-state index < -0.39 is 0 Å². The van der Waals surface area contributed by atoms with E-state index >= 15 is 0 Å². The van der Waals surface area contributed by atoms with Gasteiger partial charge in [-0.2, -0.15) is 0 Å². The van der Waals surface area contributed by atoms with Crippen molar-refractivity contribution in [2.45, 2.75) is 13.3 Å². The Bertz CT molecular complexity index is 272. The minimum Gasteiger partial charge on any atom is -0.298 e. The van der Waals surface area contributed by atoms with Gasteiger partial charge in [-0.25, -0.2) is 0 Å². The molecule has 1 aromatic rings. The number of benzene rings is 1. The minimum atomic E-state index is 0.737. The summed E-state index contributed by atoms with van der Waals surface area (Å²) in [4.78, 5) is 10.5. The maximum Gasteiger partial charge on any atom is 0.146 e. The molecule has 0 fully saturated rings. The zero-order valence-electron chi connectivity index (χ0n) is 7.16. The smallest absolute Gasteiger partial charge is 0.146 e. The third kappa shape index (κ3) is 2.35. The summed E-state index contributed by atoms with van der Waals surface area (Å²) in [7, 11) is 0. The Kier molecular flexibility index (Phi) is 3.27. The Balaban J connectivity index is 2.70. The summed E-state index contributed by atoms with van der Waals surface area (Å²) >= 11 is 0. The molecule has 0 spiro atoms. The molecule has 1 nitrogen and oxygen atoms in total. The molecule has 0 aliphatic rings. The van der Waals surface area contributed by atoms with Crippen LogP contribution in [0, 0.1) is 0 Å². The summed E-state index contributed by atoms with van der Waals surface area (Å²) < 4.78 is 0. The molecule has 0 heterocycles. The van der Waals surface area contributed by atoms with Crippen LogP contribution >= 0.6 is 0 Å². The average Bonchev–Trinajstić information content (AvgIpc) is 2.16. The molecule has 0 aromatic heterocycles. The number of hydrogen-bond acceptors (Lipinski definition) is 1. The second-order valence-corrected chi connectivity index (χ2v) is 2.64. The molecule has 12 heavy (non-hydrogen) atoms. The van der Waals surface area contributed by atoms with E-state index in [1.165, 1.54) is 5.56 Å². The molecule has 1 heteroatoms. The van der Waals surface area contributed by atoms with Crippen LogP contribution in [0.1, 0.15) is 12.5 Å². The quantitative estimate of drug-likeness (QED) is 0.490. The second kappa shape index (κ2) is 4.50. The summed E-state index contributed by atoms with van der Waals surface area (Å²) in [6, 6.07) is 9.97.